The van der Waals surface area contributed by atoms with Crippen molar-refractivity contribution in [3.8, 4) is 11.8 Å². The average molecular weight is 310 g/mol. The van der Waals surface area contributed by atoms with Crippen molar-refractivity contribution in [3.05, 3.63) is 41.1 Å². The molecule has 3 rings (SSSR count). The molecule has 1 aromatic heterocycles. The molecule has 2 aromatic rings. The molecule has 1 saturated heterocycles. The third kappa shape index (κ3) is 2.83. The zero-order valence-corrected chi connectivity index (χ0v) is 13.2. The molecule has 0 aliphatic carbocycles. The third-order valence-electron chi connectivity index (χ3n) is 3.98. The summed E-state index contributed by atoms with van der Waals surface area (Å²) in [4.78, 5) is 14.3. The topological polar surface area (TPSA) is 71.2 Å². The zero-order valence-electron chi connectivity index (χ0n) is 13.2. The van der Waals surface area contributed by atoms with E-state index in [-0.39, 0.29) is 5.78 Å². The maximum Gasteiger partial charge on any atom is 0.178 e. The van der Waals surface area contributed by atoms with Crippen LogP contribution in [0.5, 0.6) is 0 Å². The van der Waals surface area contributed by atoms with E-state index >= 15 is 0 Å². The Labute approximate surface area is 134 Å². The van der Waals surface area contributed by atoms with Gasteiger partial charge in [0.15, 0.2) is 11.6 Å². The largest absolute Gasteiger partial charge is 0.378 e. The van der Waals surface area contributed by atoms with Crippen LogP contribution in [-0.4, -0.2) is 41.9 Å². The number of Topliss-reactive ketones (excluding diaryl/α,β-unsaturated/α-hetero) is 1. The van der Waals surface area contributed by atoms with E-state index < -0.39 is 0 Å². The molecular weight excluding hydrogens is 292 g/mol. The quantitative estimate of drug-likeness (QED) is 0.812. The van der Waals surface area contributed by atoms with Crippen molar-refractivity contribution < 1.29 is 9.53 Å². The molecule has 0 bridgehead atoms. The van der Waals surface area contributed by atoms with Crippen molar-refractivity contribution in [3.63, 3.8) is 0 Å². The van der Waals surface area contributed by atoms with E-state index in [1.54, 1.807) is 35.9 Å². The number of ketones is 1. The number of carbonyl (C=O) groups is 1. The lowest BCUT2D eigenvalue weighted by Gasteiger charge is -2.27. The van der Waals surface area contributed by atoms with Gasteiger partial charge in [0.2, 0.25) is 0 Å². The number of hydrogen-bond acceptors (Lipinski definition) is 5. The van der Waals surface area contributed by atoms with Crippen LogP contribution >= 0.6 is 0 Å². The van der Waals surface area contributed by atoms with Crippen molar-refractivity contribution >= 4 is 11.6 Å². The smallest absolute Gasteiger partial charge is 0.178 e. The lowest BCUT2D eigenvalue weighted by molar-refractivity contribution is 0.101. The number of rotatable bonds is 3. The first-order valence-electron chi connectivity index (χ1n) is 7.55. The van der Waals surface area contributed by atoms with Gasteiger partial charge in [0.25, 0.3) is 0 Å². The highest BCUT2D eigenvalue weighted by atomic mass is 16.5. The lowest BCUT2D eigenvalue weighted by Crippen LogP contribution is -2.36. The number of nitriles is 1. The standard InChI is InChI=1S/C17H18N4O2/c1-12-16(13(2)22)21(15-5-3-14(11-18)4-6-15)19-17(12)20-7-9-23-10-8-20/h3-6H,7-10H2,1-2H3. The molecule has 1 fully saturated rings. The van der Waals surface area contributed by atoms with Crippen LogP contribution in [0.4, 0.5) is 5.82 Å². The predicted molar refractivity (Wildman–Crippen MR) is 86.1 cm³/mol. The van der Waals surface area contributed by atoms with Gasteiger partial charge in [-0.3, -0.25) is 4.79 Å². The van der Waals surface area contributed by atoms with Gasteiger partial charge in [-0.1, -0.05) is 0 Å². The third-order valence-corrected chi connectivity index (χ3v) is 3.98. The monoisotopic (exact) mass is 310 g/mol. The number of aromatic nitrogens is 2. The van der Waals surface area contributed by atoms with Gasteiger partial charge < -0.3 is 9.64 Å². The highest BCUT2D eigenvalue weighted by Gasteiger charge is 2.23. The summed E-state index contributed by atoms with van der Waals surface area (Å²) in [6, 6.07) is 9.16. The first-order chi connectivity index (χ1) is 11.1. The summed E-state index contributed by atoms with van der Waals surface area (Å²) >= 11 is 0. The van der Waals surface area contributed by atoms with Gasteiger partial charge in [-0.05, 0) is 31.2 Å². The summed E-state index contributed by atoms with van der Waals surface area (Å²) in [6.45, 7) is 6.34. The minimum atomic E-state index is -0.0288. The van der Waals surface area contributed by atoms with Crippen molar-refractivity contribution in [1.29, 1.82) is 5.26 Å². The van der Waals surface area contributed by atoms with Crippen LogP contribution in [0.15, 0.2) is 24.3 Å². The molecule has 0 spiro atoms. The molecule has 2 heterocycles. The first-order valence-corrected chi connectivity index (χ1v) is 7.55. The summed E-state index contributed by atoms with van der Waals surface area (Å²) in [7, 11) is 0. The summed E-state index contributed by atoms with van der Waals surface area (Å²) < 4.78 is 7.05. The molecule has 23 heavy (non-hydrogen) atoms. The Balaban J connectivity index is 2.07. The van der Waals surface area contributed by atoms with E-state index in [1.807, 2.05) is 6.92 Å². The van der Waals surface area contributed by atoms with Gasteiger partial charge in [0.1, 0.15) is 5.69 Å². The molecule has 6 heteroatoms. The molecule has 0 saturated carbocycles. The summed E-state index contributed by atoms with van der Waals surface area (Å²) in [5.74, 6) is 0.793. The molecule has 0 unspecified atom stereocenters. The van der Waals surface area contributed by atoms with Crippen molar-refractivity contribution in [2.75, 3.05) is 31.2 Å². The molecular formula is C17H18N4O2. The fourth-order valence-corrected chi connectivity index (χ4v) is 2.84. The second kappa shape index (κ2) is 6.23. The van der Waals surface area contributed by atoms with Crippen molar-refractivity contribution in [2.24, 2.45) is 0 Å². The summed E-state index contributed by atoms with van der Waals surface area (Å²) in [5.41, 5.74) is 2.81. The summed E-state index contributed by atoms with van der Waals surface area (Å²) in [5, 5.41) is 13.6. The lowest BCUT2D eigenvalue weighted by atomic mass is 10.1. The molecule has 118 valence electrons. The molecule has 0 radical (unpaired) electrons. The maximum absolute atomic E-state index is 12.1. The SMILES string of the molecule is CC(=O)c1c(C)c(N2CCOCC2)nn1-c1ccc(C#N)cc1. The fourth-order valence-electron chi connectivity index (χ4n) is 2.84. The Kier molecular flexibility index (Phi) is 4.13. The van der Waals surface area contributed by atoms with Gasteiger partial charge in [-0.25, -0.2) is 4.68 Å². The van der Waals surface area contributed by atoms with Crippen LogP contribution in [0, 0.1) is 18.3 Å². The van der Waals surface area contributed by atoms with E-state index in [2.05, 4.69) is 16.1 Å². The van der Waals surface area contributed by atoms with Gasteiger partial charge in [-0.2, -0.15) is 5.26 Å². The van der Waals surface area contributed by atoms with Crippen LogP contribution in [0.1, 0.15) is 28.5 Å². The molecule has 1 aliphatic rings. The second-order valence-electron chi connectivity index (χ2n) is 5.52. The zero-order chi connectivity index (χ0) is 16.4. The Morgan fingerprint density at radius 1 is 1.26 bits per heavy atom. The Bertz CT molecular complexity index is 765. The van der Waals surface area contributed by atoms with E-state index in [0.717, 1.165) is 30.2 Å². The highest BCUT2D eigenvalue weighted by molar-refractivity contribution is 5.95. The molecule has 1 aliphatic heterocycles. The Morgan fingerprint density at radius 2 is 1.91 bits per heavy atom. The number of ether oxygens (including phenoxy) is 1. The van der Waals surface area contributed by atoms with Crippen LogP contribution in [-0.2, 0) is 4.74 Å². The van der Waals surface area contributed by atoms with Crippen LogP contribution in [0.3, 0.4) is 0 Å². The molecule has 6 nitrogen and oxygen atoms in total. The minimum absolute atomic E-state index is 0.0288. The van der Waals surface area contributed by atoms with E-state index in [9.17, 15) is 4.79 Å². The summed E-state index contributed by atoms with van der Waals surface area (Å²) in [6.07, 6.45) is 0. The minimum Gasteiger partial charge on any atom is -0.378 e. The van der Waals surface area contributed by atoms with Crippen molar-refractivity contribution in [2.45, 2.75) is 13.8 Å². The van der Waals surface area contributed by atoms with E-state index in [1.165, 1.54) is 0 Å². The number of anilines is 1. The number of nitrogens with zero attached hydrogens (tertiary/aromatic N) is 4. The van der Waals surface area contributed by atoms with Gasteiger partial charge in [0.05, 0.1) is 30.5 Å². The van der Waals surface area contributed by atoms with Gasteiger partial charge >= 0.3 is 0 Å². The average Bonchev–Trinajstić information content (AvgIpc) is 2.93. The predicted octanol–water partition coefficient (Wildman–Crippen LogP) is 2.09. The molecule has 0 atom stereocenters. The number of morpholine rings is 1. The normalized spacial score (nSPS) is 14.6. The molecule has 1 aromatic carbocycles. The van der Waals surface area contributed by atoms with Gasteiger partial charge in [-0.15, -0.1) is 5.10 Å². The fraction of sp³-hybridized carbons (Fsp3) is 0.353. The number of benzene rings is 1. The van der Waals surface area contributed by atoms with Crippen molar-refractivity contribution in [1.82, 2.24) is 9.78 Å². The first kappa shape index (κ1) is 15.3. The maximum atomic E-state index is 12.1. The highest BCUT2D eigenvalue weighted by Crippen LogP contribution is 2.26. The van der Waals surface area contributed by atoms with E-state index in [4.69, 9.17) is 10.00 Å². The number of hydrogen-bond donors (Lipinski definition) is 0. The van der Waals surface area contributed by atoms with Crippen LogP contribution in [0.25, 0.3) is 5.69 Å². The van der Waals surface area contributed by atoms with Crippen LogP contribution < -0.4 is 4.90 Å². The van der Waals surface area contributed by atoms with Gasteiger partial charge in [0, 0.05) is 25.6 Å². The van der Waals surface area contributed by atoms with Crippen LogP contribution in [0.2, 0.25) is 0 Å². The number of carbonyl (C=O) groups excluding carboxylic acids is 1. The second-order valence-corrected chi connectivity index (χ2v) is 5.52. The Hall–Kier alpha value is -2.65. The molecule has 0 amide bonds. The Morgan fingerprint density at radius 3 is 2.48 bits per heavy atom. The van der Waals surface area contributed by atoms with E-state index in [0.29, 0.717) is 24.5 Å². The molecule has 0 N–H and O–H groups in total.